The van der Waals surface area contributed by atoms with Crippen LogP contribution in [0.2, 0.25) is 0 Å². The fourth-order valence-corrected chi connectivity index (χ4v) is 2.96. The summed E-state index contributed by atoms with van der Waals surface area (Å²) in [7, 11) is 0. The lowest BCUT2D eigenvalue weighted by molar-refractivity contribution is -0.128. The molecule has 112 valence electrons. The molecule has 0 saturated carbocycles. The predicted octanol–water partition coefficient (Wildman–Crippen LogP) is 2.71. The third kappa shape index (κ3) is 3.57. The minimum Gasteiger partial charge on any atom is -0.381 e. The van der Waals surface area contributed by atoms with E-state index in [4.69, 9.17) is 9.47 Å². The zero-order valence-electron chi connectivity index (χ0n) is 12.6. The van der Waals surface area contributed by atoms with Crippen molar-refractivity contribution in [3.8, 4) is 0 Å². The molecule has 1 saturated heterocycles. The number of nitrogens with zero attached hydrogens (tertiary/aromatic N) is 1. The zero-order valence-corrected chi connectivity index (χ0v) is 12.6. The van der Waals surface area contributed by atoms with Crippen molar-refractivity contribution in [2.45, 2.75) is 44.8 Å². The Kier molecular flexibility index (Phi) is 5.95. The molecule has 0 amide bonds. The first-order valence-corrected chi connectivity index (χ1v) is 7.67. The third-order valence-corrected chi connectivity index (χ3v) is 3.91. The Hall–Kier alpha value is -0.970. The van der Waals surface area contributed by atoms with Gasteiger partial charge in [0.05, 0.1) is 11.6 Å². The monoisotopic (exact) mass is 278 g/mol. The summed E-state index contributed by atoms with van der Waals surface area (Å²) in [4.78, 5) is 4.27. The highest BCUT2D eigenvalue weighted by atomic mass is 16.5. The molecule has 1 unspecified atom stereocenters. The molecule has 1 atom stereocenters. The van der Waals surface area contributed by atoms with Crippen molar-refractivity contribution >= 4 is 0 Å². The number of hydrogen-bond acceptors (Lipinski definition) is 4. The molecule has 1 aliphatic heterocycles. The van der Waals surface area contributed by atoms with Crippen LogP contribution in [0.5, 0.6) is 0 Å². The quantitative estimate of drug-likeness (QED) is 0.833. The number of rotatable bonds is 7. The van der Waals surface area contributed by atoms with E-state index < -0.39 is 0 Å². The molecule has 0 aliphatic carbocycles. The van der Waals surface area contributed by atoms with Gasteiger partial charge in [0, 0.05) is 45.1 Å². The molecule has 4 nitrogen and oxygen atoms in total. The van der Waals surface area contributed by atoms with Crippen LogP contribution in [0.4, 0.5) is 0 Å². The van der Waals surface area contributed by atoms with Crippen LogP contribution >= 0.6 is 0 Å². The van der Waals surface area contributed by atoms with Crippen molar-refractivity contribution < 1.29 is 9.47 Å². The molecular formula is C16H26N2O2. The van der Waals surface area contributed by atoms with Crippen molar-refractivity contribution in [1.82, 2.24) is 10.3 Å². The number of hydrogen-bond donors (Lipinski definition) is 1. The van der Waals surface area contributed by atoms with Crippen molar-refractivity contribution in [3.05, 3.63) is 30.1 Å². The lowest BCUT2D eigenvalue weighted by Gasteiger charge is -2.43. The van der Waals surface area contributed by atoms with E-state index in [-0.39, 0.29) is 11.6 Å². The summed E-state index contributed by atoms with van der Waals surface area (Å²) in [5.74, 6) is 0. The number of aromatic nitrogens is 1. The lowest BCUT2D eigenvalue weighted by atomic mass is 9.82. The van der Waals surface area contributed by atoms with Gasteiger partial charge in [0.1, 0.15) is 0 Å². The van der Waals surface area contributed by atoms with E-state index in [1.165, 1.54) is 5.56 Å². The second kappa shape index (κ2) is 7.72. The summed E-state index contributed by atoms with van der Waals surface area (Å²) in [5.41, 5.74) is 1.03. The van der Waals surface area contributed by atoms with Crippen LogP contribution in [-0.2, 0) is 9.47 Å². The van der Waals surface area contributed by atoms with Gasteiger partial charge in [0.25, 0.3) is 0 Å². The summed E-state index contributed by atoms with van der Waals surface area (Å²) >= 11 is 0. The minimum atomic E-state index is -0.175. The fourth-order valence-electron chi connectivity index (χ4n) is 2.96. The van der Waals surface area contributed by atoms with Gasteiger partial charge in [0.15, 0.2) is 0 Å². The summed E-state index contributed by atoms with van der Waals surface area (Å²) in [5, 5.41) is 3.66. The largest absolute Gasteiger partial charge is 0.381 e. The second-order valence-corrected chi connectivity index (χ2v) is 5.28. The van der Waals surface area contributed by atoms with Gasteiger partial charge < -0.3 is 14.8 Å². The van der Waals surface area contributed by atoms with Crippen LogP contribution in [0.25, 0.3) is 0 Å². The van der Waals surface area contributed by atoms with Crippen LogP contribution in [0.1, 0.15) is 44.7 Å². The molecule has 1 aromatic heterocycles. The fraction of sp³-hybridized carbons (Fsp3) is 0.688. The Morgan fingerprint density at radius 2 is 2.20 bits per heavy atom. The van der Waals surface area contributed by atoms with Gasteiger partial charge in [-0.2, -0.15) is 0 Å². The molecule has 2 heterocycles. The van der Waals surface area contributed by atoms with Gasteiger partial charge in [0.2, 0.25) is 0 Å². The Bertz CT molecular complexity index is 372. The molecule has 4 heteroatoms. The highest BCUT2D eigenvalue weighted by Crippen LogP contribution is 2.37. The standard InChI is InChI=1S/C16H26N2O2/c1-3-9-18-15(14-6-5-10-17-13-14)16(20-4-2)7-11-19-12-8-16/h5-6,10,13,15,18H,3-4,7-9,11-12H2,1-2H3. The molecule has 1 N–H and O–H groups in total. The van der Waals surface area contributed by atoms with E-state index in [9.17, 15) is 0 Å². The molecule has 20 heavy (non-hydrogen) atoms. The van der Waals surface area contributed by atoms with Crippen molar-refractivity contribution in [1.29, 1.82) is 0 Å². The summed E-state index contributed by atoms with van der Waals surface area (Å²) in [6.07, 6.45) is 6.73. The van der Waals surface area contributed by atoms with E-state index in [1.807, 2.05) is 18.5 Å². The van der Waals surface area contributed by atoms with Gasteiger partial charge >= 0.3 is 0 Å². The smallest absolute Gasteiger partial charge is 0.0920 e. The normalized spacial score (nSPS) is 19.7. The lowest BCUT2D eigenvalue weighted by Crippen LogP contribution is -2.50. The topological polar surface area (TPSA) is 43.4 Å². The number of nitrogens with one attached hydrogen (secondary N) is 1. The summed E-state index contributed by atoms with van der Waals surface area (Å²) < 4.78 is 11.8. The van der Waals surface area contributed by atoms with Gasteiger partial charge in [-0.3, -0.25) is 4.98 Å². The second-order valence-electron chi connectivity index (χ2n) is 5.28. The Morgan fingerprint density at radius 3 is 2.80 bits per heavy atom. The van der Waals surface area contributed by atoms with Crippen LogP contribution < -0.4 is 5.32 Å². The summed E-state index contributed by atoms with van der Waals surface area (Å²) in [6.45, 7) is 7.50. The maximum atomic E-state index is 6.21. The van der Waals surface area contributed by atoms with Gasteiger partial charge in [-0.1, -0.05) is 13.0 Å². The molecule has 1 fully saturated rings. The van der Waals surface area contributed by atoms with E-state index in [0.29, 0.717) is 0 Å². The molecule has 0 spiro atoms. The zero-order chi connectivity index (χ0) is 14.3. The highest BCUT2D eigenvalue weighted by Gasteiger charge is 2.41. The molecule has 0 aromatic carbocycles. The number of ether oxygens (including phenoxy) is 2. The maximum Gasteiger partial charge on any atom is 0.0920 e. The van der Waals surface area contributed by atoms with E-state index in [1.54, 1.807) is 0 Å². The maximum absolute atomic E-state index is 6.21. The average molecular weight is 278 g/mol. The SMILES string of the molecule is CCCNC(c1cccnc1)C1(OCC)CCOCC1. The Labute approximate surface area is 121 Å². The van der Waals surface area contributed by atoms with E-state index in [0.717, 1.165) is 45.6 Å². The number of pyridine rings is 1. The average Bonchev–Trinajstić information content (AvgIpc) is 2.50. The van der Waals surface area contributed by atoms with Gasteiger partial charge in [-0.15, -0.1) is 0 Å². The van der Waals surface area contributed by atoms with Crippen LogP contribution in [0.3, 0.4) is 0 Å². The predicted molar refractivity (Wildman–Crippen MR) is 79.7 cm³/mol. The highest BCUT2D eigenvalue weighted by molar-refractivity contribution is 5.19. The van der Waals surface area contributed by atoms with E-state index in [2.05, 4.69) is 30.2 Å². The third-order valence-electron chi connectivity index (χ3n) is 3.91. The first-order chi connectivity index (χ1) is 9.82. The van der Waals surface area contributed by atoms with Crippen LogP contribution in [0.15, 0.2) is 24.5 Å². The Balaban J connectivity index is 2.26. The summed E-state index contributed by atoms with van der Waals surface area (Å²) in [6, 6.07) is 4.31. The van der Waals surface area contributed by atoms with Crippen LogP contribution in [0, 0.1) is 0 Å². The van der Waals surface area contributed by atoms with Crippen LogP contribution in [-0.4, -0.2) is 37.0 Å². The van der Waals surface area contributed by atoms with Crippen molar-refractivity contribution in [3.63, 3.8) is 0 Å². The minimum absolute atomic E-state index is 0.175. The van der Waals surface area contributed by atoms with Gasteiger partial charge in [-0.05, 0) is 31.5 Å². The Morgan fingerprint density at radius 1 is 1.40 bits per heavy atom. The first kappa shape index (κ1) is 15.4. The molecule has 2 rings (SSSR count). The molecule has 0 radical (unpaired) electrons. The van der Waals surface area contributed by atoms with E-state index >= 15 is 0 Å². The first-order valence-electron chi connectivity index (χ1n) is 7.67. The van der Waals surface area contributed by atoms with Crippen molar-refractivity contribution in [2.24, 2.45) is 0 Å². The molecular weight excluding hydrogens is 252 g/mol. The molecule has 1 aromatic rings. The van der Waals surface area contributed by atoms with Gasteiger partial charge in [-0.25, -0.2) is 0 Å². The molecule has 0 bridgehead atoms. The van der Waals surface area contributed by atoms with Crippen molar-refractivity contribution in [2.75, 3.05) is 26.4 Å². The molecule has 1 aliphatic rings.